The zero-order valence-corrected chi connectivity index (χ0v) is 16.8. The average Bonchev–Trinajstić information content (AvgIpc) is 2.51. The van der Waals surface area contributed by atoms with E-state index >= 15 is 0 Å². The highest BCUT2D eigenvalue weighted by atomic mass is 35.5. The lowest BCUT2D eigenvalue weighted by Crippen LogP contribution is -3.00. The maximum absolute atomic E-state index is 12.0. The van der Waals surface area contributed by atoms with Gasteiger partial charge in [-0.25, -0.2) is 0 Å². The lowest BCUT2D eigenvalue weighted by atomic mass is 10.1. The highest BCUT2D eigenvalue weighted by Crippen LogP contribution is 2.12. The van der Waals surface area contributed by atoms with Crippen LogP contribution < -0.4 is 12.4 Å². The molecule has 25 heavy (non-hydrogen) atoms. The zero-order valence-electron chi connectivity index (χ0n) is 19.1. The molecule has 0 aliphatic heterocycles. The number of aliphatic carboxylic acids is 1. The van der Waals surface area contributed by atoms with Gasteiger partial charge in [-0.3, -0.25) is 9.59 Å². The molecule has 1 N–H and O–H groups in total. The second-order valence-corrected chi connectivity index (χ2v) is 7.16. The van der Waals surface area contributed by atoms with Gasteiger partial charge in [0.25, 0.3) is 0 Å². The molecule has 0 aromatic rings. The SMILES string of the molecule is [2H]C([2H])([2H])[N+](C)(C)C[C@H](CC(=O)O)OC(=O)CCCCCCCCCCC.[Cl-]. The molecule has 0 fully saturated rings. The molecule has 0 aliphatic rings. The summed E-state index contributed by atoms with van der Waals surface area (Å²) < 4.78 is 27.5. The molecule has 0 saturated carbocycles. The minimum Gasteiger partial charge on any atom is -1.00 e. The monoisotopic (exact) mass is 382 g/mol. The predicted octanol–water partition coefficient (Wildman–Crippen LogP) is 1.00. The minimum atomic E-state index is -2.31. The van der Waals surface area contributed by atoms with E-state index in [1.54, 1.807) is 0 Å². The standard InChI is InChI=1S/C19H37NO4.ClH/c1-5-6-7-8-9-10-11-12-13-14-19(23)24-17(15-18(21)22)16-20(2,3)4;/h17H,5-16H2,1-4H3;1H/t17-;/m0./s1/i2D3;. The van der Waals surface area contributed by atoms with Gasteiger partial charge in [-0.1, -0.05) is 58.3 Å². The van der Waals surface area contributed by atoms with E-state index in [4.69, 9.17) is 14.0 Å². The summed E-state index contributed by atoms with van der Waals surface area (Å²) in [5.41, 5.74) is 0. The number of halogens is 1. The number of likely N-dealkylation sites (N-methyl/N-ethyl adjacent to an activating group) is 1. The van der Waals surface area contributed by atoms with Gasteiger partial charge in [-0.15, -0.1) is 0 Å². The molecule has 0 amide bonds. The molecule has 0 unspecified atom stereocenters. The summed E-state index contributed by atoms with van der Waals surface area (Å²) >= 11 is 0. The summed E-state index contributed by atoms with van der Waals surface area (Å²) in [6, 6.07) is 0. The first-order valence-electron chi connectivity index (χ1n) is 10.7. The Kier molecular flexibility index (Phi) is 12.7. The number of unbranched alkanes of at least 4 members (excludes halogenated alkanes) is 8. The number of hydrogen-bond donors (Lipinski definition) is 1. The Morgan fingerprint density at radius 2 is 1.56 bits per heavy atom. The third-order valence-corrected chi connectivity index (χ3v) is 3.84. The van der Waals surface area contributed by atoms with Gasteiger partial charge in [0.2, 0.25) is 0 Å². The van der Waals surface area contributed by atoms with Crippen LogP contribution in [0, 0.1) is 0 Å². The average molecular weight is 383 g/mol. The number of quaternary nitrogens is 1. The first-order valence-corrected chi connectivity index (χ1v) is 9.24. The van der Waals surface area contributed by atoms with E-state index in [1.165, 1.54) is 52.6 Å². The second-order valence-electron chi connectivity index (χ2n) is 7.16. The number of nitrogens with zero attached hydrogens (tertiary/aromatic N) is 1. The van der Waals surface area contributed by atoms with Crippen molar-refractivity contribution in [2.24, 2.45) is 0 Å². The third kappa shape index (κ3) is 19.4. The Morgan fingerprint density at radius 1 is 1.04 bits per heavy atom. The number of carboxylic acid groups (broad SMARTS) is 1. The van der Waals surface area contributed by atoms with Gasteiger partial charge in [-0.05, 0) is 6.42 Å². The van der Waals surface area contributed by atoms with Crippen LogP contribution in [-0.4, -0.2) is 55.2 Å². The largest absolute Gasteiger partial charge is 1.00 e. The molecule has 150 valence electrons. The van der Waals surface area contributed by atoms with Gasteiger partial charge in [-0.2, -0.15) is 0 Å². The Morgan fingerprint density at radius 3 is 2.04 bits per heavy atom. The van der Waals surface area contributed by atoms with Crippen molar-refractivity contribution in [2.45, 2.75) is 83.7 Å². The van der Waals surface area contributed by atoms with Crippen molar-refractivity contribution in [1.82, 2.24) is 0 Å². The summed E-state index contributed by atoms with van der Waals surface area (Å²) in [5, 5.41) is 9.01. The van der Waals surface area contributed by atoms with Gasteiger partial charge in [0.1, 0.15) is 6.54 Å². The first kappa shape index (κ1) is 20.5. The van der Waals surface area contributed by atoms with Gasteiger partial charge < -0.3 is 26.7 Å². The molecular formula is C19H38ClNO4. The molecule has 0 bridgehead atoms. The molecule has 6 heteroatoms. The number of rotatable bonds is 15. The highest BCUT2D eigenvalue weighted by Gasteiger charge is 2.24. The van der Waals surface area contributed by atoms with E-state index in [9.17, 15) is 9.59 Å². The van der Waals surface area contributed by atoms with E-state index < -0.39 is 29.5 Å². The molecule has 0 aliphatic carbocycles. The molecule has 0 rings (SSSR count). The Balaban J connectivity index is 0. The summed E-state index contributed by atoms with van der Waals surface area (Å²) in [5.74, 6) is -1.56. The fourth-order valence-electron chi connectivity index (χ4n) is 2.67. The fraction of sp³-hybridized carbons (Fsp3) is 0.895. The number of carboxylic acids is 1. The van der Waals surface area contributed by atoms with Crippen LogP contribution in [0.3, 0.4) is 0 Å². The number of ether oxygens (including phenoxy) is 1. The van der Waals surface area contributed by atoms with Crippen molar-refractivity contribution < 1.29 is 40.4 Å². The van der Waals surface area contributed by atoms with Crippen LogP contribution in [-0.2, 0) is 14.3 Å². The van der Waals surface area contributed by atoms with Crippen molar-refractivity contribution in [3.8, 4) is 0 Å². The zero-order chi connectivity index (χ0) is 20.9. The van der Waals surface area contributed by atoms with Crippen LogP contribution >= 0.6 is 0 Å². The fourth-order valence-corrected chi connectivity index (χ4v) is 2.67. The van der Waals surface area contributed by atoms with E-state index in [1.807, 2.05) is 0 Å². The van der Waals surface area contributed by atoms with E-state index in [-0.39, 0.29) is 31.8 Å². The van der Waals surface area contributed by atoms with Crippen molar-refractivity contribution in [2.75, 3.05) is 27.6 Å². The van der Waals surface area contributed by atoms with Gasteiger partial charge in [0.15, 0.2) is 6.10 Å². The highest BCUT2D eigenvalue weighted by molar-refractivity contribution is 5.71. The number of esters is 1. The van der Waals surface area contributed by atoms with E-state index in [0.717, 1.165) is 12.8 Å². The van der Waals surface area contributed by atoms with Crippen LogP contribution in [0.4, 0.5) is 0 Å². The number of carbonyl (C=O) groups excluding carboxylic acids is 1. The maximum Gasteiger partial charge on any atom is 0.307 e. The maximum atomic E-state index is 12.0. The number of carbonyl (C=O) groups is 2. The molecular weight excluding hydrogens is 342 g/mol. The quantitative estimate of drug-likeness (QED) is 0.261. The van der Waals surface area contributed by atoms with Crippen LogP contribution in [0.5, 0.6) is 0 Å². The van der Waals surface area contributed by atoms with E-state index in [2.05, 4.69) is 6.92 Å². The lowest BCUT2D eigenvalue weighted by molar-refractivity contribution is -0.873. The van der Waals surface area contributed by atoms with Crippen LogP contribution in [0.1, 0.15) is 81.7 Å². The van der Waals surface area contributed by atoms with Crippen LogP contribution in [0.2, 0.25) is 0 Å². The molecule has 0 heterocycles. The molecule has 0 aromatic heterocycles. The van der Waals surface area contributed by atoms with E-state index in [0.29, 0.717) is 6.42 Å². The Bertz CT molecular complexity index is 445. The second kappa shape index (κ2) is 15.4. The van der Waals surface area contributed by atoms with Gasteiger partial charge >= 0.3 is 11.9 Å². The van der Waals surface area contributed by atoms with Crippen molar-refractivity contribution in [1.29, 1.82) is 0 Å². The molecule has 0 aromatic carbocycles. The summed E-state index contributed by atoms with van der Waals surface area (Å²) in [7, 11) is 2.96. The molecule has 0 saturated heterocycles. The normalized spacial score (nSPS) is 14.6. The van der Waals surface area contributed by atoms with Gasteiger partial charge in [0.05, 0.1) is 31.6 Å². The first-order chi connectivity index (χ1) is 12.5. The lowest BCUT2D eigenvalue weighted by Gasteiger charge is -2.28. The van der Waals surface area contributed by atoms with Crippen molar-refractivity contribution in [3.63, 3.8) is 0 Å². The third-order valence-electron chi connectivity index (χ3n) is 3.84. The molecule has 1 atom stereocenters. The van der Waals surface area contributed by atoms with Gasteiger partial charge in [0, 0.05) is 6.42 Å². The summed E-state index contributed by atoms with van der Waals surface area (Å²) in [6.07, 6.45) is 9.16. The Hall–Kier alpha value is -0.810. The minimum absolute atomic E-state index is 0. The van der Waals surface area contributed by atoms with Crippen LogP contribution in [0.25, 0.3) is 0 Å². The molecule has 0 spiro atoms. The summed E-state index contributed by atoms with van der Waals surface area (Å²) in [4.78, 5) is 23.0. The molecule has 0 radical (unpaired) electrons. The smallest absolute Gasteiger partial charge is 0.307 e. The predicted molar refractivity (Wildman–Crippen MR) is 96.9 cm³/mol. The van der Waals surface area contributed by atoms with Crippen molar-refractivity contribution in [3.05, 3.63) is 0 Å². The molecule has 5 nitrogen and oxygen atoms in total. The Labute approximate surface area is 164 Å². The van der Waals surface area contributed by atoms with Crippen molar-refractivity contribution >= 4 is 11.9 Å². The van der Waals surface area contributed by atoms with Crippen LogP contribution in [0.15, 0.2) is 0 Å². The number of hydrogen-bond acceptors (Lipinski definition) is 3. The topological polar surface area (TPSA) is 63.6 Å². The summed E-state index contributed by atoms with van der Waals surface area (Å²) in [6.45, 7) is -0.171.